The van der Waals surface area contributed by atoms with E-state index in [9.17, 15) is 0 Å². The van der Waals surface area contributed by atoms with Crippen molar-refractivity contribution in [3.8, 4) is 39.1 Å². The highest BCUT2D eigenvalue weighted by atomic mass is 32.1. The molecule has 11 rings (SSSR count). The first-order valence-electron chi connectivity index (χ1n) is 19.4. The van der Waals surface area contributed by atoms with E-state index in [1.54, 1.807) is 0 Å². The molecular weight excluding hydrogens is 709 g/mol. The van der Waals surface area contributed by atoms with E-state index >= 15 is 0 Å². The molecule has 0 atom stereocenters. The van der Waals surface area contributed by atoms with E-state index in [1.165, 1.54) is 75.4 Å². The third-order valence-electron chi connectivity index (χ3n) is 11.2. The molecule has 0 saturated heterocycles. The van der Waals surface area contributed by atoms with Gasteiger partial charge in [0.25, 0.3) is 0 Å². The summed E-state index contributed by atoms with van der Waals surface area (Å²) in [6, 6.07) is 79.4. The van der Waals surface area contributed by atoms with E-state index in [2.05, 4.69) is 228 Å². The van der Waals surface area contributed by atoms with Gasteiger partial charge in [0, 0.05) is 59.1 Å². The lowest BCUT2D eigenvalue weighted by Crippen LogP contribution is -2.12. The first-order chi connectivity index (χ1) is 28.3. The summed E-state index contributed by atoms with van der Waals surface area (Å²) in [6.07, 6.45) is 0. The predicted octanol–water partition coefficient (Wildman–Crippen LogP) is 15.6. The maximum atomic E-state index is 2.47. The molecule has 0 unspecified atom stereocenters. The van der Waals surface area contributed by atoms with Crippen LogP contribution < -0.4 is 4.90 Å². The van der Waals surface area contributed by atoms with E-state index in [4.69, 9.17) is 0 Å². The van der Waals surface area contributed by atoms with Crippen LogP contribution in [0.2, 0.25) is 0 Å². The summed E-state index contributed by atoms with van der Waals surface area (Å²) in [5.41, 5.74) is 14.0. The smallest absolute Gasteiger partial charge is 0.0618 e. The number of rotatable bonds is 7. The molecule has 0 aliphatic heterocycles. The van der Waals surface area contributed by atoms with Crippen molar-refractivity contribution in [2.24, 2.45) is 0 Å². The van der Waals surface area contributed by atoms with Crippen LogP contribution in [0.4, 0.5) is 17.1 Å². The zero-order valence-corrected chi connectivity index (χ0v) is 31.9. The predicted molar refractivity (Wildman–Crippen MR) is 245 cm³/mol. The number of thiophene rings is 1. The van der Waals surface area contributed by atoms with Gasteiger partial charge in [0.2, 0.25) is 0 Å². The van der Waals surface area contributed by atoms with Gasteiger partial charge in [-0.05, 0) is 76.9 Å². The van der Waals surface area contributed by atoms with Crippen molar-refractivity contribution < 1.29 is 0 Å². The number of anilines is 3. The maximum absolute atomic E-state index is 2.47. The maximum Gasteiger partial charge on any atom is 0.0618 e. The van der Waals surface area contributed by atoms with Crippen LogP contribution in [0.5, 0.6) is 0 Å². The molecule has 2 heterocycles. The molecule has 0 saturated carbocycles. The van der Waals surface area contributed by atoms with Gasteiger partial charge in [-0.2, -0.15) is 0 Å². The first-order valence-corrected chi connectivity index (χ1v) is 20.3. The van der Waals surface area contributed by atoms with E-state index in [0.717, 1.165) is 22.7 Å². The minimum Gasteiger partial charge on any atom is -0.309 e. The molecule has 268 valence electrons. The van der Waals surface area contributed by atoms with Gasteiger partial charge in [-0.3, -0.25) is 0 Å². The molecule has 9 aromatic carbocycles. The van der Waals surface area contributed by atoms with Gasteiger partial charge < -0.3 is 9.47 Å². The summed E-state index contributed by atoms with van der Waals surface area (Å²) in [5.74, 6) is 0. The molecule has 0 aliphatic carbocycles. The molecule has 0 amide bonds. The molecule has 3 heteroatoms. The number of fused-ring (bicyclic) bond motifs is 6. The molecule has 57 heavy (non-hydrogen) atoms. The van der Waals surface area contributed by atoms with Gasteiger partial charge in [-0.15, -0.1) is 11.3 Å². The van der Waals surface area contributed by atoms with Crippen LogP contribution in [0.3, 0.4) is 0 Å². The Morgan fingerprint density at radius 2 is 0.877 bits per heavy atom. The number of hydrogen-bond donors (Lipinski definition) is 0. The lowest BCUT2D eigenvalue weighted by Gasteiger charge is -2.30. The highest BCUT2D eigenvalue weighted by molar-refractivity contribution is 7.25. The van der Waals surface area contributed by atoms with Crippen LogP contribution in [0.1, 0.15) is 0 Å². The van der Waals surface area contributed by atoms with Crippen molar-refractivity contribution in [3.63, 3.8) is 0 Å². The average Bonchev–Trinajstić information content (AvgIpc) is 3.83. The Labute approximate surface area is 335 Å². The molecule has 0 aliphatic rings. The molecule has 0 N–H and O–H groups in total. The van der Waals surface area contributed by atoms with Crippen molar-refractivity contribution in [2.75, 3.05) is 4.90 Å². The molecule has 0 fully saturated rings. The van der Waals surface area contributed by atoms with E-state index in [1.807, 2.05) is 11.3 Å². The van der Waals surface area contributed by atoms with Crippen LogP contribution in [-0.2, 0) is 0 Å². The monoisotopic (exact) mass is 744 g/mol. The molecule has 11 aromatic rings. The van der Waals surface area contributed by atoms with Crippen LogP contribution >= 0.6 is 11.3 Å². The number of benzene rings is 9. The number of nitrogens with zero attached hydrogens (tertiary/aromatic N) is 2. The number of aromatic nitrogens is 1. The summed E-state index contributed by atoms with van der Waals surface area (Å²) in [4.78, 5) is 2.47. The van der Waals surface area contributed by atoms with Crippen molar-refractivity contribution in [1.29, 1.82) is 0 Å². The molecule has 0 bridgehead atoms. The molecule has 2 aromatic heterocycles. The number of hydrogen-bond acceptors (Lipinski definition) is 2. The van der Waals surface area contributed by atoms with E-state index < -0.39 is 0 Å². The van der Waals surface area contributed by atoms with Crippen molar-refractivity contribution >= 4 is 70.4 Å². The fraction of sp³-hybridized carbons (Fsp3) is 0. The van der Waals surface area contributed by atoms with Gasteiger partial charge >= 0.3 is 0 Å². The Morgan fingerprint density at radius 1 is 0.351 bits per heavy atom. The van der Waals surface area contributed by atoms with Gasteiger partial charge in [-0.25, -0.2) is 0 Å². The van der Waals surface area contributed by atoms with Gasteiger partial charge in [0.1, 0.15) is 0 Å². The highest BCUT2D eigenvalue weighted by Gasteiger charge is 2.23. The fourth-order valence-corrected chi connectivity index (χ4v) is 9.79. The fourth-order valence-electron chi connectivity index (χ4n) is 8.65. The van der Waals surface area contributed by atoms with Gasteiger partial charge in [-0.1, -0.05) is 164 Å². The van der Waals surface area contributed by atoms with Crippen molar-refractivity contribution in [2.45, 2.75) is 0 Å². The SMILES string of the molecule is c1ccc(-c2cccc(-c3ccccc3)c2N(c2ccc(-c3cccc4c3c3ccccc3n4-c3ccccc3)cc2)c2ccc3c(c2)sc2ccccc23)cc1. The normalized spacial score (nSPS) is 11.5. The molecule has 0 spiro atoms. The first kappa shape index (κ1) is 33.2. The zero-order valence-electron chi connectivity index (χ0n) is 31.1. The van der Waals surface area contributed by atoms with Gasteiger partial charge in [0.15, 0.2) is 0 Å². The van der Waals surface area contributed by atoms with Crippen LogP contribution in [0.15, 0.2) is 218 Å². The topological polar surface area (TPSA) is 8.17 Å². The third kappa shape index (κ3) is 5.63. The van der Waals surface area contributed by atoms with E-state index in [-0.39, 0.29) is 0 Å². The van der Waals surface area contributed by atoms with Crippen LogP contribution in [-0.4, -0.2) is 4.57 Å². The Kier molecular flexibility index (Phi) is 8.04. The lowest BCUT2D eigenvalue weighted by molar-refractivity contribution is 1.18. The summed E-state index contributed by atoms with van der Waals surface area (Å²) < 4.78 is 4.97. The summed E-state index contributed by atoms with van der Waals surface area (Å²) in [6.45, 7) is 0. The Hall–Kier alpha value is -7.20. The van der Waals surface area contributed by atoms with Gasteiger partial charge in [0.05, 0.1) is 16.7 Å². The Balaban J connectivity index is 1.14. The number of para-hydroxylation sites is 3. The molecule has 0 radical (unpaired) electrons. The summed E-state index contributed by atoms with van der Waals surface area (Å²) in [7, 11) is 0. The second-order valence-corrected chi connectivity index (χ2v) is 15.6. The average molecular weight is 745 g/mol. The summed E-state index contributed by atoms with van der Waals surface area (Å²) in [5, 5.41) is 5.10. The quantitative estimate of drug-likeness (QED) is 0.158. The lowest BCUT2D eigenvalue weighted by atomic mass is 9.94. The standard InChI is InChI=1S/C54H36N2S/c1-4-16-37(17-5-1)44-25-14-26-45(38-18-6-2-7-19-38)54(44)55(42-34-35-47-46-22-11-13-29-51(46)57-52(47)36-42)41-32-30-39(31-33-41)43-24-15-28-50-53(43)48-23-10-12-27-49(48)56(50)40-20-8-3-9-21-40/h1-36H. The Morgan fingerprint density at radius 3 is 1.60 bits per heavy atom. The van der Waals surface area contributed by atoms with Crippen LogP contribution in [0.25, 0.3) is 81.0 Å². The molecular formula is C54H36N2S. The van der Waals surface area contributed by atoms with Crippen LogP contribution in [0, 0.1) is 0 Å². The van der Waals surface area contributed by atoms with Crippen molar-refractivity contribution in [1.82, 2.24) is 4.57 Å². The molecule has 2 nitrogen and oxygen atoms in total. The minimum absolute atomic E-state index is 1.10. The zero-order chi connectivity index (χ0) is 37.7. The largest absolute Gasteiger partial charge is 0.309 e. The van der Waals surface area contributed by atoms with Crippen molar-refractivity contribution in [3.05, 3.63) is 218 Å². The second-order valence-electron chi connectivity index (χ2n) is 14.5. The minimum atomic E-state index is 1.10. The van der Waals surface area contributed by atoms with E-state index in [0.29, 0.717) is 0 Å². The third-order valence-corrected chi connectivity index (χ3v) is 12.3. The summed E-state index contributed by atoms with van der Waals surface area (Å²) >= 11 is 1.86. The highest BCUT2D eigenvalue weighted by Crippen LogP contribution is 2.48. The Bertz CT molecular complexity index is 3160. The second kappa shape index (κ2) is 13.8.